The second kappa shape index (κ2) is 13.7. The Bertz CT molecular complexity index is 1630. The summed E-state index contributed by atoms with van der Waals surface area (Å²) in [4.78, 5) is 71.6. The number of urea groups is 1. The number of aryl methyl sites for hydroxylation is 2. The molecule has 2 heterocycles. The third-order valence-electron chi connectivity index (χ3n) is 9.98. The number of amides is 5. The van der Waals surface area contributed by atoms with Crippen molar-refractivity contribution in [2.24, 2.45) is 5.41 Å². The van der Waals surface area contributed by atoms with Crippen LogP contribution in [0.25, 0.3) is 0 Å². The zero-order valence-electron chi connectivity index (χ0n) is 29.3. The van der Waals surface area contributed by atoms with Crippen molar-refractivity contribution in [3.8, 4) is 5.75 Å². The molecule has 3 aliphatic rings. The zero-order valence-corrected chi connectivity index (χ0v) is 30.1. The summed E-state index contributed by atoms with van der Waals surface area (Å²) < 4.78 is 12.3. The average Bonchev–Trinajstić information content (AvgIpc) is 3.26. The van der Waals surface area contributed by atoms with Crippen LogP contribution in [0.4, 0.5) is 4.79 Å². The van der Waals surface area contributed by atoms with E-state index in [-0.39, 0.29) is 25.5 Å². The van der Waals surface area contributed by atoms with Gasteiger partial charge < -0.3 is 20.1 Å². The van der Waals surface area contributed by atoms with Crippen LogP contribution in [0.15, 0.2) is 48.5 Å². The van der Waals surface area contributed by atoms with Crippen molar-refractivity contribution in [1.82, 2.24) is 20.4 Å². The molecule has 264 valence electrons. The molecule has 0 bridgehead atoms. The highest BCUT2D eigenvalue weighted by molar-refractivity contribution is 6.21. The van der Waals surface area contributed by atoms with Crippen molar-refractivity contribution in [3.05, 3.63) is 65.2 Å². The maximum absolute atomic E-state index is 14.3. The molecule has 2 N–H and O–H groups in total. The minimum absolute atomic E-state index is 0.0405. The van der Waals surface area contributed by atoms with E-state index in [0.29, 0.717) is 25.0 Å². The van der Waals surface area contributed by atoms with E-state index in [2.05, 4.69) is 10.6 Å². The Hall–Kier alpha value is -3.96. The van der Waals surface area contributed by atoms with E-state index in [1.807, 2.05) is 69.3 Å². The minimum Gasteiger partial charge on any atom is -0.475 e. The summed E-state index contributed by atoms with van der Waals surface area (Å²) in [5.41, 5.74) is -0.441. The minimum atomic E-state index is -1.77. The standard InChI is InChI=1S/C37H47ClN4O7/c1-8-37(49-27-16-15-22(3)19-23(27)4)33(46)40-36(37)18-17-25(38)26(20-36)39-30(44)28(29(43)35(5,6)7)42-31(45)32(48-9-2)41(34(42)47)21-24-13-11-10-12-14-24/h10-16,19,25-26,28,32H,8-9,17-18,20-21H2,1-7H3,(H,39,44)(H,40,46). The lowest BCUT2D eigenvalue weighted by Crippen LogP contribution is -2.85. The molecule has 1 saturated carbocycles. The van der Waals surface area contributed by atoms with E-state index < -0.39 is 63.9 Å². The molecule has 2 aromatic rings. The van der Waals surface area contributed by atoms with Gasteiger partial charge in [-0.2, -0.15) is 0 Å². The Balaban J connectivity index is 1.44. The van der Waals surface area contributed by atoms with Gasteiger partial charge in [-0.15, -0.1) is 11.6 Å². The number of halogens is 1. The number of Topliss-reactive ketones (excluding diaryl/α,β-unsaturated/α-hetero) is 1. The number of β-lactam (4-membered cyclic amide) rings is 1. The molecular formula is C37H47ClN4O7. The van der Waals surface area contributed by atoms with Gasteiger partial charge in [0.25, 0.3) is 17.7 Å². The summed E-state index contributed by atoms with van der Waals surface area (Å²) in [7, 11) is 0. The fourth-order valence-electron chi connectivity index (χ4n) is 7.30. The normalized spacial score (nSPS) is 27.5. The van der Waals surface area contributed by atoms with Gasteiger partial charge in [0.15, 0.2) is 11.8 Å². The number of carbonyl (C=O) groups excluding carboxylic acids is 5. The molecule has 11 nitrogen and oxygen atoms in total. The van der Waals surface area contributed by atoms with E-state index >= 15 is 0 Å². The molecule has 2 saturated heterocycles. The van der Waals surface area contributed by atoms with Gasteiger partial charge >= 0.3 is 6.03 Å². The molecule has 0 aromatic heterocycles. The van der Waals surface area contributed by atoms with Crippen LogP contribution < -0.4 is 15.4 Å². The van der Waals surface area contributed by atoms with Gasteiger partial charge in [0, 0.05) is 18.1 Å². The first kappa shape index (κ1) is 36.3. The lowest BCUT2D eigenvalue weighted by molar-refractivity contribution is -0.176. The number of nitrogens with zero attached hydrogens (tertiary/aromatic N) is 2. The third-order valence-corrected chi connectivity index (χ3v) is 10.5. The predicted octanol–water partition coefficient (Wildman–Crippen LogP) is 4.79. The fourth-order valence-corrected chi connectivity index (χ4v) is 7.56. The molecule has 2 aromatic carbocycles. The summed E-state index contributed by atoms with van der Waals surface area (Å²) in [5, 5.41) is 5.46. The molecule has 5 rings (SSSR count). The first-order valence-electron chi connectivity index (χ1n) is 17.0. The largest absolute Gasteiger partial charge is 0.475 e. The highest BCUT2D eigenvalue weighted by atomic mass is 35.5. The molecule has 2 aliphatic heterocycles. The number of alkyl halides is 1. The van der Waals surface area contributed by atoms with Crippen LogP contribution >= 0.6 is 11.6 Å². The van der Waals surface area contributed by atoms with Crippen LogP contribution in [0.2, 0.25) is 0 Å². The number of imide groups is 1. The second-order valence-electron chi connectivity index (χ2n) is 14.4. The van der Waals surface area contributed by atoms with Crippen molar-refractivity contribution in [1.29, 1.82) is 0 Å². The quantitative estimate of drug-likeness (QED) is 0.150. The van der Waals surface area contributed by atoms with Gasteiger partial charge in [0.05, 0.1) is 17.5 Å². The van der Waals surface area contributed by atoms with Gasteiger partial charge in [0.1, 0.15) is 5.75 Å². The third kappa shape index (κ3) is 6.55. The SMILES string of the molecule is CCOC1C(=O)N(C(C(=O)NC2CC3(CCC2Cl)NC(=O)C3(CC)Oc2ccc(C)cc2C)C(=O)C(C)(C)C)C(=O)N1Cc1ccccc1. The van der Waals surface area contributed by atoms with Gasteiger partial charge in [0.2, 0.25) is 11.8 Å². The number of rotatable bonds is 11. The Labute approximate surface area is 293 Å². The van der Waals surface area contributed by atoms with Crippen molar-refractivity contribution in [2.45, 2.75) is 116 Å². The van der Waals surface area contributed by atoms with E-state index in [1.54, 1.807) is 27.7 Å². The van der Waals surface area contributed by atoms with E-state index in [1.165, 1.54) is 4.90 Å². The first-order chi connectivity index (χ1) is 23.1. The highest BCUT2D eigenvalue weighted by Gasteiger charge is 2.69. The van der Waals surface area contributed by atoms with Crippen LogP contribution in [0, 0.1) is 19.3 Å². The van der Waals surface area contributed by atoms with Gasteiger partial charge in [-0.05, 0) is 63.6 Å². The number of ether oxygens (including phenoxy) is 2. The van der Waals surface area contributed by atoms with Gasteiger partial charge in [-0.1, -0.05) is 75.7 Å². The van der Waals surface area contributed by atoms with Crippen molar-refractivity contribution in [2.75, 3.05) is 6.61 Å². The number of carbonyl (C=O) groups is 5. The summed E-state index contributed by atoms with van der Waals surface area (Å²) in [6, 6.07) is 11.6. The molecule has 1 spiro atoms. The summed E-state index contributed by atoms with van der Waals surface area (Å²) in [6.45, 7) is 12.6. The molecule has 3 fully saturated rings. The van der Waals surface area contributed by atoms with Crippen LogP contribution in [0.5, 0.6) is 5.75 Å². The van der Waals surface area contributed by atoms with Crippen molar-refractivity contribution in [3.63, 3.8) is 0 Å². The summed E-state index contributed by atoms with van der Waals surface area (Å²) >= 11 is 6.85. The predicted molar refractivity (Wildman–Crippen MR) is 184 cm³/mol. The Morgan fingerprint density at radius 2 is 1.78 bits per heavy atom. The molecule has 1 aliphatic carbocycles. The average molecular weight is 695 g/mol. The smallest absolute Gasteiger partial charge is 0.330 e. The Kier molecular flexibility index (Phi) is 10.2. The van der Waals surface area contributed by atoms with Gasteiger partial charge in [-0.25, -0.2) is 9.69 Å². The lowest BCUT2D eigenvalue weighted by atomic mass is 9.61. The van der Waals surface area contributed by atoms with Crippen LogP contribution in [-0.4, -0.2) is 80.8 Å². The number of hydrogen-bond donors (Lipinski definition) is 2. The molecule has 0 radical (unpaired) electrons. The zero-order chi connectivity index (χ0) is 35.9. The molecule has 12 heteroatoms. The number of benzene rings is 2. The monoisotopic (exact) mass is 694 g/mol. The van der Waals surface area contributed by atoms with E-state index in [0.717, 1.165) is 21.6 Å². The topological polar surface area (TPSA) is 134 Å². The van der Waals surface area contributed by atoms with Crippen LogP contribution in [0.3, 0.4) is 0 Å². The Morgan fingerprint density at radius 1 is 1.08 bits per heavy atom. The molecule has 6 unspecified atom stereocenters. The van der Waals surface area contributed by atoms with Crippen molar-refractivity contribution < 1.29 is 33.4 Å². The van der Waals surface area contributed by atoms with E-state index in [4.69, 9.17) is 21.1 Å². The van der Waals surface area contributed by atoms with E-state index in [9.17, 15) is 24.0 Å². The molecule has 5 amide bonds. The Morgan fingerprint density at radius 3 is 2.37 bits per heavy atom. The molecule has 49 heavy (non-hydrogen) atoms. The molecular weight excluding hydrogens is 648 g/mol. The van der Waals surface area contributed by atoms with Crippen LogP contribution in [0.1, 0.15) is 77.0 Å². The maximum atomic E-state index is 14.3. The number of nitrogens with one attached hydrogen (secondary N) is 2. The van der Waals surface area contributed by atoms with Gasteiger partial charge in [-0.3, -0.25) is 24.1 Å². The van der Waals surface area contributed by atoms with Crippen LogP contribution in [-0.2, 0) is 30.5 Å². The fraction of sp³-hybridized carbons (Fsp3) is 0.541. The second-order valence-corrected chi connectivity index (χ2v) is 15.0. The van der Waals surface area contributed by atoms with Crippen molar-refractivity contribution >= 4 is 41.1 Å². The number of ketones is 1. The highest BCUT2D eigenvalue weighted by Crippen LogP contribution is 2.49. The molecule has 6 atom stereocenters. The summed E-state index contributed by atoms with van der Waals surface area (Å²) in [6.07, 6.45) is 0.226. The maximum Gasteiger partial charge on any atom is 0.330 e. The number of hydrogen-bond acceptors (Lipinski definition) is 7. The lowest BCUT2D eigenvalue weighted by Gasteiger charge is -2.60. The first-order valence-corrected chi connectivity index (χ1v) is 17.4. The summed E-state index contributed by atoms with van der Waals surface area (Å²) in [5.74, 6) is -1.88.